The molecular formula is C14H19NO. The Hall–Kier alpha value is -1.31. The largest absolute Gasteiger partial charge is 0.356 e. The Balaban J connectivity index is 2.08. The molecule has 1 N–H and O–H groups in total. The quantitative estimate of drug-likeness (QED) is 0.809. The second-order valence-corrected chi connectivity index (χ2v) is 4.75. The van der Waals surface area contributed by atoms with Crippen LogP contribution in [-0.2, 0) is 11.2 Å². The van der Waals surface area contributed by atoms with Gasteiger partial charge in [-0.15, -0.1) is 0 Å². The fraction of sp³-hybridized carbons (Fsp3) is 0.500. The van der Waals surface area contributed by atoms with Crippen LogP contribution in [0, 0.1) is 19.8 Å². The van der Waals surface area contributed by atoms with Gasteiger partial charge in [0.1, 0.15) is 0 Å². The minimum absolute atomic E-state index is 0.177. The Labute approximate surface area is 97.1 Å². The predicted octanol–water partition coefficient (Wildman–Crippen LogP) is 2.37. The van der Waals surface area contributed by atoms with E-state index in [0.29, 0.717) is 0 Å². The normalized spacial score (nSPS) is 20.6. The maximum atomic E-state index is 11.6. The summed E-state index contributed by atoms with van der Waals surface area (Å²) < 4.78 is 0. The van der Waals surface area contributed by atoms with Gasteiger partial charge in [0, 0.05) is 12.5 Å². The monoisotopic (exact) mass is 217 g/mol. The van der Waals surface area contributed by atoms with E-state index >= 15 is 0 Å². The van der Waals surface area contributed by atoms with Crippen LogP contribution in [0.25, 0.3) is 0 Å². The zero-order valence-electron chi connectivity index (χ0n) is 10.0. The molecule has 2 rings (SSSR count). The van der Waals surface area contributed by atoms with Gasteiger partial charge in [-0.1, -0.05) is 18.2 Å². The summed E-state index contributed by atoms with van der Waals surface area (Å²) in [5.74, 6) is 0.403. The fourth-order valence-electron chi connectivity index (χ4n) is 2.25. The molecule has 1 aliphatic heterocycles. The summed E-state index contributed by atoms with van der Waals surface area (Å²) in [6, 6.07) is 6.49. The van der Waals surface area contributed by atoms with Crippen molar-refractivity contribution in [3.63, 3.8) is 0 Å². The van der Waals surface area contributed by atoms with Crippen LogP contribution in [0.1, 0.15) is 29.5 Å². The van der Waals surface area contributed by atoms with Crippen molar-refractivity contribution < 1.29 is 4.79 Å². The van der Waals surface area contributed by atoms with Crippen LogP contribution in [0.5, 0.6) is 0 Å². The Morgan fingerprint density at radius 3 is 2.81 bits per heavy atom. The fourth-order valence-corrected chi connectivity index (χ4v) is 2.25. The second kappa shape index (κ2) is 4.69. The lowest BCUT2D eigenvalue weighted by Gasteiger charge is -2.22. The summed E-state index contributed by atoms with van der Waals surface area (Å²) >= 11 is 0. The molecular weight excluding hydrogens is 198 g/mol. The van der Waals surface area contributed by atoms with Crippen molar-refractivity contribution >= 4 is 5.91 Å². The van der Waals surface area contributed by atoms with Crippen LogP contribution in [0.4, 0.5) is 0 Å². The summed E-state index contributed by atoms with van der Waals surface area (Å²) in [7, 11) is 0. The van der Waals surface area contributed by atoms with Crippen LogP contribution < -0.4 is 5.32 Å². The standard InChI is InChI=1S/C14H19NO/c1-10-5-6-12(8-11(10)2)9-13-4-3-7-15-14(13)16/h5-6,8,13H,3-4,7,9H2,1-2H3,(H,15,16). The topological polar surface area (TPSA) is 29.1 Å². The Morgan fingerprint density at radius 2 is 2.12 bits per heavy atom. The molecule has 1 atom stereocenters. The number of benzene rings is 1. The highest BCUT2D eigenvalue weighted by molar-refractivity contribution is 5.79. The number of piperidine rings is 1. The van der Waals surface area contributed by atoms with Gasteiger partial charge in [-0.3, -0.25) is 4.79 Å². The van der Waals surface area contributed by atoms with E-state index in [9.17, 15) is 4.79 Å². The van der Waals surface area contributed by atoms with Crippen molar-refractivity contribution in [2.45, 2.75) is 33.1 Å². The average molecular weight is 217 g/mol. The van der Waals surface area contributed by atoms with Crippen LogP contribution in [0.3, 0.4) is 0 Å². The summed E-state index contributed by atoms with van der Waals surface area (Å²) in [4.78, 5) is 11.6. The molecule has 2 heteroatoms. The van der Waals surface area contributed by atoms with Gasteiger partial charge in [0.2, 0.25) is 5.91 Å². The SMILES string of the molecule is Cc1ccc(CC2CCCNC2=O)cc1C. The number of amides is 1. The van der Waals surface area contributed by atoms with Crippen molar-refractivity contribution in [1.82, 2.24) is 5.32 Å². The summed E-state index contributed by atoms with van der Waals surface area (Å²) in [5, 5.41) is 2.94. The molecule has 1 saturated heterocycles. The van der Waals surface area contributed by atoms with Gasteiger partial charge in [-0.2, -0.15) is 0 Å². The molecule has 1 aromatic carbocycles. The first-order valence-corrected chi connectivity index (χ1v) is 6.00. The molecule has 0 radical (unpaired) electrons. The Kier molecular flexibility index (Phi) is 3.28. The van der Waals surface area contributed by atoms with E-state index < -0.39 is 0 Å². The van der Waals surface area contributed by atoms with Crippen LogP contribution >= 0.6 is 0 Å². The third kappa shape index (κ3) is 2.43. The van der Waals surface area contributed by atoms with Crippen molar-refractivity contribution in [1.29, 1.82) is 0 Å². The molecule has 1 unspecified atom stereocenters. The first-order valence-electron chi connectivity index (χ1n) is 6.00. The lowest BCUT2D eigenvalue weighted by molar-refractivity contribution is -0.126. The summed E-state index contributed by atoms with van der Waals surface area (Å²) in [6.45, 7) is 5.09. The van der Waals surface area contributed by atoms with E-state index in [0.717, 1.165) is 25.8 Å². The first-order chi connectivity index (χ1) is 7.66. The van der Waals surface area contributed by atoms with E-state index in [2.05, 4.69) is 37.4 Å². The molecule has 1 amide bonds. The molecule has 0 saturated carbocycles. The lowest BCUT2D eigenvalue weighted by Crippen LogP contribution is -2.37. The van der Waals surface area contributed by atoms with Gasteiger partial charge < -0.3 is 5.32 Å². The number of nitrogens with one attached hydrogen (secondary N) is 1. The van der Waals surface area contributed by atoms with Gasteiger partial charge in [0.05, 0.1) is 0 Å². The number of carbonyl (C=O) groups excluding carboxylic acids is 1. The lowest BCUT2D eigenvalue weighted by atomic mass is 9.90. The average Bonchev–Trinajstić information content (AvgIpc) is 2.27. The molecule has 16 heavy (non-hydrogen) atoms. The third-order valence-electron chi connectivity index (χ3n) is 3.45. The number of hydrogen-bond acceptors (Lipinski definition) is 1. The van der Waals surface area contributed by atoms with Crippen molar-refractivity contribution in [2.24, 2.45) is 5.92 Å². The molecule has 86 valence electrons. The van der Waals surface area contributed by atoms with E-state index in [4.69, 9.17) is 0 Å². The molecule has 0 bridgehead atoms. The molecule has 1 aromatic rings. The number of hydrogen-bond donors (Lipinski definition) is 1. The third-order valence-corrected chi connectivity index (χ3v) is 3.45. The minimum atomic E-state index is 0.177. The van der Waals surface area contributed by atoms with Crippen molar-refractivity contribution in [2.75, 3.05) is 6.54 Å². The predicted molar refractivity (Wildman–Crippen MR) is 65.4 cm³/mol. The maximum Gasteiger partial charge on any atom is 0.223 e. The van der Waals surface area contributed by atoms with Gasteiger partial charge in [0.15, 0.2) is 0 Å². The van der Waals surface area contributed by atoms with E-state index in [1.54, 1.807) is 0 Å². The summed E-state index contributed by atoms with van der Waals surface area (Å²) in [6.07, 6.45) is 3.02. The van der Waals surface area contributed by atoms with Crippen LogP contribution in [0.15, 0.2) is 18.2 Å². The maximum absolute atomic E-state index is 11.6. The van der Waals surface area contributed by atoms with Crippen LogP contribution in [0.2, 0.25) is 0 Å². The van der Waals surface area contributed by atoms with Gasteiger partial charge in [-0.25, -0.2) is 0 Å². The Bertz CT molecular complexity index is 398. The van der Waals surface area contributed by atoms with Crippen LogP contribution in [-0.4, -0.2) is 12.5 Å². The van der Waals surface area contributed by atoms with Crippen molar-refractivity contribution in [3.05, 3.63) is 34.9 Å². The highest BCUT2D eigenvalue weighted by Gasteiger charge is 2.21. The number of carbonyl (C=O) groups is 1. The smallest absolute Gasteiger partial charge is 0.223 e. The van der Waals surface area contributed by atoms with Crippen molar-refractivity contribution in [3.8, 4) is 0 Å². The van der Waals surface area contributed by atoms with E-state index in [1.165, 1.54) is 16.7 Å². The number of rotatable bonds is 2. The zero-order valence-corrected chi connectivity index (χ0v) is 10.0. The van der Waals surface area contributed by atoms with Gasteiger partial charge >= 0.3 is 0 Å². The number of aryl methyl sites for hydroxylation is 2. The van der Waals surface area contributed by atoms with E-state index in [1.807, 2.05) is 0 Å². The molecule has 2 nitrogen and oxygen atoms in total. The highest BCUT2D eigenvalue weighted by atomic mass is 16.1. The second-order valence-electron chi connectivity index (χ2n) is 4.75. The minimum Gasteiger partial charge on any atom is -0.356 e. The highest BCUT2D eigenvalue weighted by Crippen LogP contribution is 2.19. The molecule has 1 heterocycles. The molecule has 1 fully saturated rings. The zero-order chi connectivity index (χ0) is 11.5. The van der Waals surface area contributed by atoms with Gasteiger partial charge in [-0.05, 0) is 49.8 Å². The molecule has 0 aliphatic carbocycles. The Morgan fingerprint density at radius 1 is 1.31 bits per heavy atom. The van der Waals surface area contributed by atoms with E-state index in [-0.39, 0.29) is 11.8 Å². The molecule has 1 aliphatic rings. The first kappa shape index (κ1) is 11.2. The van der Waals surface area contributed by atoms with Gasteiger partial charge in [0.25, 0.3) is 0 Å². The molecule has 0 aromatic heterocycles. The molecule has 0 spiro atoms. The summed E-state index contributed by atoms with van der Waals surface area (Å²) in [5.41, 5.74) is 3.91.